The number of esters is 1. The molecule has 0 unspecified atom stereocenters. The van der Waals surface area contributed by atoms with Gasteiger partial charge in [-0.2, -0.15) is 0 Å². The number of rotatable bonds is 8. The predicted molar refractivity (Wildman–Crippen MR) is 154 cm³/mol. The number of carbonyl (C=O) groups is 3. The standard InChI is InChI=1S/C32H30N4O6/c1-20-18-21(2)35-31(34-20)42-28(29(38)39)32(23-14-8-5-9-15-23)24-16-10-11-17-25(24)36(26(37)19-33-32)27(30(40)41-3)22-12-6-4-7-13-22/h4-18,27-28,33H,19H2,1-3H3,(H,38,39)/t27-,28-,32-/m1/s1. The van der Waals surface area contributed by atoms with E-state index < -0.39 is 35.5 Å². The summed E-state index contributed by atoms with van der Waals surface area (Å²) in [6, 6.07) is 25.1. The van der Waals surface area contributed by atoms with Crippen LogP contribution in [0.25, 0.3) is 0 Å². The lowest BCUT2D eigenvalue weighted by Gasteiger charge is -2.39. The van der Waals surface area contributed by atoms with Crippen molar-refractivity contribution in [2.45, 2.75) is 31.5 Å². The van der Waals surface area contributed by atoms with Gasteiger partial charge in [0.2, 0.25) is 12.0 Å². The predicted octanol–water partition coefficient (Wildman–Crippen LogP) is 3.72. The number of carboxylic acids is 1. The van der Waals surface area contributed by atoms with E-state index in [1.807, 2.05) is 12.1 Å². The fourth-order valence-corrected chi connectivity index (χ4v) is 5.49. The Kier molecular flexibility index (Phi) is 7.99. The smallest absolute Gasteiger partial charge is 0.347 e. The van der Waals surface area contributed by atoms with Gasteiger partial charge < -0.3 is 14.6 Å². The second kappa shape index (κ2) is 11.8. The third-order valence-electron chi connectivity index (χ3n) is 7.21. The number of benzene rings is 3. The van der Waals surface area contributed by atoms with Gasteiger partial charge in [-0.05, 0) is 37.1 Å². The molecule has 1 aliphatic heterocycles. The number of amides is 1. The first-order valence-corrected chi connectivity index (χ1v) is 13.3. The fourth-order valence-electron chi connectivity index (χ4n) is 5.49. The second-order valence-corrected chi connectivity index (χ2v) is 9.91. The highest BCUT2D eigenvalue weighted by molar-refractivity contribution is 6.03. The number of aryl methyl sites for hydroxylation is 2. The molecule has 214 valence electrons. The molecule has 0 saturated carbocycles. The first-order chi connectivity index (χ1) is 20.3. The Labute approximate surface area is 243 Å². The zero-order chi connectivity index (χ0) is 29.9. The molecule has 10 heteroatoms. The summed E-state index contributed by atoms with van der Waals surface area (Å²) in [7, 11) is 1.26. The molecule has 42 heavy (non-hydrogen) atoms. The van der Waals surface area contributed by atoms with Crippen LogP contribution in [0, 0.1) is 13.8 Å². The number of ether oxygens (including phenoxy) is 2. The summed E-state index contributed by atoms with van der Waals surface area (Å²) < 4.78 is 11.3. The summed E-state index contributed by atoms with van der Waals surface area (Å²) in [6.07, 6.45) is -1.64. The molecule has 0 saturated heterocycles. The van der Waals surface area contributed by atoms with Gasteiger partial charge in [0.25, 0.3) is 0 Å². The van der Waals surface area contributed by atoms with Crippen molar-refractivity contribution in [1.29, 1.82) is 0 Å². The van der Waals surface area contributed by atoms with Crippen LogP contribution in [0.4, 0.5) is 5.69 Å². The molecule has 1 amide bonds. The highest BCUT2D eigenvalue weighted by atomic mass is 16.5. The van der Waals surface area contributed by atoms with Crippen molar-refractivity contribution in [2.24, 2.45) is 0 Å². The third kappa shape index (κ3) is 5.19. The molecule has 0 fully saturated rings. The van der Waals surface area contributed by atoms with Crippen molar-refractivity contribution in [3.05, 3.63) is 119 Å². The van der Waals surface area contributed by atoms with Crippen molar-refractivity contribution in [3.63, 3.8) is 0 Å². The zero-order valence-corrected chi connectivity index (χ0v) is 23.4. The summed E-state index contributed by atoms with van der Waals surface area (Å²) in [5, 5.41) is 14.0. The molecule has 1 aromatic heterocycles. The maximum absolute atomic E-state index is 14.0. The first-order valence-electron chi connectivity index (χ1n) is 13.3. The Bertz CT molecular complexity index is 1590. The number of nitrogens with one attached hydrogen (secondary N) is 1. The van der Waals surface area contributed by atoms with Crippen LogP contribution < -0.4 is 15.0 Å². The van der Waals surface area contributed by atoms with Crippen LogP contribution in [0.15, 0.2) is 91.0 Å². The first kappa shape index (κ1) is 28.4. The van der Waals surface area contributed by atoms with Crippen molar-refractivity contribution < 1.29 is 29.0 Å². The van der Waals surface area contributed by atoms with Crippen molar-refractivity contribution in [3.8, 4) is 6.01 Å². The van der Waals surface area contributed by atoms with E-state index in [1.165, 1.54) is 12.0 Å². The number of fused-ring (bicyclic) bond motifs is 1. The Morgan fingerprint density at radius 2 is 1.52 bits per heavy atom. The maximum atomic E-state index is 14.0. The highest BCUT2D eigenvalue weighted by Crippen LogP contribution is 2.44. The second-order valence-electron chi connectivity index (χ2n) is 9.91. The summed E-state index contributed by atoms with van der Waals surface area (Å²) in [5.74, 6) is -2.42. The minimum atomic E-state index is -1.64. The highest BCUT2D eigenvalue weighted by Gasteiger charge is 2.53. The average Bonchev–Trinajstić information content (AvgIpc) is 3.11. The molecule has 4 aromatic rings. The van der Waals surface area contributed by atoms with E-state index in [-0.39, 0.29) is 12.6 Å². The van der Waals surface area contributed by atoms with Crippen LogP contribution in [0.1, 0.15) is 34.1 Å². The lowest BCUT2D eigenvalue weighted by atomic mass is 9.77. The van der Waals surface area contributed by atoms with E-state index in [2.05, 4.69) is 15.3 Å². The Morgan fingerprint density at radius 1 is 0.929 bits per heavy atom. The number of carbonyl (C=O) groups excluding carboxylic acids is 2. The van der Waals surface area contributed by atoms with Crippen molar-refractivity contribution in [1.82, 2.24) is 15.3 Å². The van der Waals surface area contributed by atoms with Gasteiger partial charge in [0, 0.05) is 17.0 Å². The summed E-state index contributed by atoms with van der Waals surface area (Å²) in [5.41, 5.74) is 1.39. The molecule has 2 heterocycles. The third-order valence-corrected chi connectivity index (χ3v) is 7.21. The quantitative estimate of drug-likeness (QED) is 0.306. The van der Waals surface area contributed by atoms with Gasteiger partial charge in [0.1, 0.15) is 5.54 Å². The van der Waals surface area contributed by atoms with Crippen molar-refractivity contribution in [2.75, 3.05) is 18.6 Å². The monoisotopic (exact) mass is 566 g/mol. The number of aromatic nitrogens is 2. The molecule has 2 N–H and O–H groups in total. The zero-order valence-electron chi connectivity index (χ0n) is 23.4. The molecule has 0 aliphatic carbocycles. The van der Waals surface area contributed by atoms with Crippen LogP contribution in [-0.4, -0.2) is 52.7 Å². The summed E-state index contributed by atoms with van der Waals surface area (Å²) in [6.45, 7) is 3.19. The van der Waals surface area contributed by atoms with Crippen molar-refractivity contribution >= 4 is 23.5 Å². The number of para-hydroxylation sites is 1. The Morgan fingerprint density at radius 3 is 2.14 bits per heavy atom. The van der Waals surface area contributed by atoms with Crippen LogP contribution in [0.5, 0.6) is 6.01 Å². The largest absolute Gasteiger partial charge is 0.478 e. The number of methoxy groups -OCH3 is 1. The lowest BCUT2D eigenvalue weighted by molar-refractivity contribution is -0.149. The number of hydrogen-bond acceptors (Lipinski definition) is 8. The summed E-state index contributed by atoms with van der Waals surface area (Å²) in [4.78, 5) is 50.5. The Balaban J connectivity index is 1.78. The SMILES string of the molecule is COC(=O)[C@@H](c1ccccc1)N1C(=O)CN[C@@](c2ccccc2)([C@H](Oc2nc(C)cc(C)n2)C(=O)O)c2ccccc21. The van der Waals surface area contributed by atoms with Gasteiger partial charge in [-0.15, -0.1) is 0 Å². The number of anilines is 1. The van der Waals surface area contributed by atoms with Gasteiger partial charge in [-0.1, -0.05) is 78.9 Å². The van der Waals surface area contributed by atoms with Crippen LogP contribution >= 0.6 is 0 Å². The average molecular weight is 567 g/mol. The molecule has 1 aliphatic rings. The molecule has 0 bridgehead atoms. The summed E-state index contributed by atoms with van der Waals surface area (Å²) >= 11 is 0. The molecular formula is C32H30N4O6. The van der Waals surface area contributed by atoms with E-state index in [4.69, 9.17) is 9.47 Å². The maximum Gasteiger partial charge on any atom is 0.347 e. The normalized spacial score (nSPS) is 17.9. The molecule has 10 nitrogen and oxygen atoms in total. The topological polar surface area (TPSA) is 131 Å². The molecule has 5 rings (SSSR count). The molecule has 3 aromatic carbocycles. The van der Waals surface area contributed by atoms with E-state index in [9.17, 15) is 19.5 Å². The van der Waals surface area contributed by atoms with Gasteiger partial charge in [-0.3, -0.25) is 15.0 Å². The van der Waals surface area contributed by atoms with E-state index >= 15 is 0 Å². The molecular weight excluding hydrogens is 536 g/mol. The Hall–Kier alpha value is -5.09. The number of carboxylic acid groups (broad SMARTS) is 1. The van der Waals surface area contributed by atoms with Gasteiger partial charge in [-0.25, -0.2) is 19.6 Å². The van der Waals surface area contributed by atoms with Gasteiger partial charge in [0.05, 0.1) is 19.3 Å². The minimum absolute atomic E-state index is 0.112. The molecule has 0 spiro atoms. The van der Waals surface area contributed by atoms with Crippen LogP contribution in [0.3, 0.4) is 0 Å². The van der Waals surface area contributed by atoms with E-state index in [0.717, 1.165) is 0 Å². The lowest BCUT2D eigenvalue weighted by Crippen LogP contribution is -2.58. The molecule has 0 radical (unpaired) electrons. The van der Waals surface area contributed by atoms with Crippen LogP contribution in [0.2, 0.25) is 0 Å². The van der Waals surface area contributed by atoms with Crippen LogP contribution in [-0.2, 0) is 24.7 Å². The fraction of sp³-hybridized carbons (Fsp3) is 0.219. The van der Waals surface area contributed by atoms with E-state index in [0.29, 0.717) is 33.8 Å². The minimum Gasteiger partial charge on any atom is -0.478 e. The number of hydrogen-bond donors (Lipinski definition) is 2. The molecule has 3 atom stereocenters. The number of aliphatic carboxylic acids is 1. The van der Waals surface area contributed by atoms with E-state index in [1.54, 1.807) is 92.7 Å². The van der Waals surface area contributed by atoms with Gasteiger partial charge >= 0.3 is 17.9 Å². The van der Waals surface area contributed by atoms with Gasteiger partial charge in [0.15, 0.2) is 6.04 Å². The number of nitrogens with zero attached hydrogens (tertiary/aromatic N) is 3.